The first-order valence-corrected chi connectivity index (χ1v) is 12.2. The number of hydrogen-bond donors (Lipinski definition) is 1. The van der Waals surface area contributed by atoms with E-state index in [-0.39, 0.29) is 12.0 Å². The van der Waals surface area contributed by atoms with Crippen LogP contribution in [-0.4, -0.2) is 30.4 Å². The average molecular weight is 519 g/mol. The minimum atomic E-state index is -0.186. The van der Waals surface area contributed by atoms with E-state index in [1.54, 1.807) is 0 Å². The number of aliphatic imine (C=N–C) groups is 1. The van der Waals surface area contributed by atoms with Gasteiger partial charge in [0.1, 0.15) is 5.75 Å². The van der Waals surface area contributed by atoms with Crippen LogP contribution in [0.25, 0.3) is 6.08 Å². The summed E-state index contributed by atoms with van der Waals surface area (Å²) in [6, 6.07) is 11.2. The molecule has 1 atom stereocenters. The molecule has 0 bridgehead atoms. The van der Waals surface area contributed by atoms with Gasteiger partial charge in [-0.25, -0.2) is 4.99 Å². The van der Waals surface area contributed by atoms with Crippen LogP contribution in [0.15, 0.2) is 50.8 Å². The maximum atomic E-state index is 12.5. The standard InChI is InChI=1S/C24H27BrN2O4S/c1-5-15(4)31-22-19(25)12-16(13-20(22)30-7-3)14-21-23(28)27-24(32-21)26-17-8-10-18(11-9-17)29-6-2/h8-15H,5-7H2,1-4H3,(H,26,27,28)/b21-14+/t15-/m1/s1. The summed E-state index contributed by atoms with van der Waals surface area (Å²) in [5, 5.41) is 3.35. The van der Waals surface area contributed by atoms with Crippen LogP contribution >= 0.6 is 27.7 Å². The SMILES string of the molecule is CCOc1ccc(N=C2NC(=O)/C(=C\c3cc(Br)c(O[C@H](C)CC)c(OCC)c3)S2)cc1. The van der Waals surface area contributed by atoms with E-state index >= 15 is 0 Å². The van der Waals surface area contributed by atoms with E-state index in [0.717, 1.165) is 27.9 Å². The van der Waals surface area contributed by atoms with Crippen LogP contribution in [0.3, 0.4) is 0 Å². The van der Waals surface area contributed by atoms with Crippen molar-refractivity contribution < 1.29 is 19.0 Å². The zero-order valence-electron chi connectivity index (χ0n) is 18.6. The lowest BCUT2D eigenvalue weighted by molar-refractivity contribution is -0.115. The van der Waals surface area contributed by atoms with Crippen molar-refractivity contribution in [1.82, 2.24) is 5.32 Å². The number of nitrogens with zero attached hydrogens (tertiary/aromatic N) is 1. The number of ether oxygens (including phenoxy) is 3. The maximum absolute atomic E-state index is 12.5. The minimum Gasteiger partial charge on any atom is -0.494 e. The average Bonchev–Trinajstić information content (AvgIpc) is 3.10. The number of hydrogen-bond acceptors (Lipinski definition) is 6. The highest BCUT2D eigenvalue weighted by Gasteiger charge is 2.24. The molecule has 1 heterocycles. The fourth-order valence-corrected chi connectivity index (χ4v) is 4.26. The third kappa shape index (κ3) is 6.29. The number of amides is 1. The molecule has 0 saturated carbocycles. The number of rotatable bonds is 9. The molecule has 1 fully saturated rings. The van der Waals surface area contributed by atoms with Crippen LogP contribution in [0.1, 0.15) is 39.7 Å². The second-order valence-electron chi connectivity index (χ2n) is 7.01. The third-order valence-electron chi connectivity index (χ3n) is 4.55. The number of carbonyl (C=O) groups excluding carboxylic acids is 1. The molecule has 2 aromatic carbocycles. The van der Waals surface area contributed by atoms with Gasteiger partial charge in [-0.3, -0.25) is 4.79 Å². The molecule has 0 unspecified atom stereocenters. The second kappa shape index (κ2) is 11.4. The molecule has 8 heteroatoms. The highest BCUT2D eigenvalue weighted by molar-refractivity contribution is 9.10. The van der Waals surface area contributed by atoms with Gasteiger partial charge in [-0.2, -0.15) is 0 Å². The van der Waals surface area contributed by atoms with Gasteiger partial charge >= 0.3 is 0 Å². The van der Waals surface area contributed by atoms with Crippen molar-refractivity contribution in [2.75, 3.05) is 13.2 Å². The van der Waals surface area contributed by atoms with Gasteiger partial charge in [0.25, 0.3) is 5.91 Å². The van der Waals surface area contributed by atoms with Gasteiger partial charge in [-0.1, -0.05) is 6.92 Å². The van der Waals surface area contributed by atoms with Crippen LogP contribution in [0, 0.1) is 0 Å². The fraction of sp³-hybridized carbons (Fsp3) is 0.333. The fourth-order valence-electron chi connectivity index (χ4n) is 2.87. The van der Waals surface area contributed by atoms with Crippen LogP contribution in [0.2, 0.25) is 0 Å². The van der Waals surface area contributed by atoms with E-state index < -0.39 is 0 Å². The molecule has 3 rings (SSSR count). The summed E-state index contributed by atoms with van der Waals surface area (Å²) in [7, 11) is 0. The first-order valence-electron chi connectivity index (χ1n) is 10.6. The molecule has 6 nitrogen and oxygen atoms in total. The molecular weight excluding hydrogens is 492 g/mol. The number of nitrogens with one attached hydrogen (secondary N) is 1. The molecule has 170 valence electrons. The molecule has 0 spiro atoms. The second-order valence-corrected chi connectivity index (χ2v) is 8.89. The Morgan fingerprint density at radius 1 is 1.12 bits per heavy atom. The molecule has 0 aromatic heterocycles. The zero-order chi connectivity index (χ0) is 23.1. The van der Waals surface area contributed by atoms with E-state index in [9.17, 15) is 4.79 Å². The van der Waals surface area contributed by atoms with Gasteiger partial charge in [-0.15, -0.1) is 0 Å². The van der Waals surface area contributed by atoms with Crippen molar-refractivity contribution in [1.29, 1.82) is 0 Å². The Bertz CT molecular complexity index is 1020. The van der Waals surface area contributed by atoms with Crippen LogP contribution in [0.4, 0.5) is 5.69 Å². The van der Waals surface area contributed by atoms with Gasteiger partial charge in [0.15, 0.2) is 16.7 Å². The molecule has 1 aliphatic rings. The maximum Gasteiger partial charge on any atom is 0.264 e. The number of carbonyl (C=O) groups is 1. The quantitative estimate of drug-likeness (QED) is 0.393. The van der Waals surface area contributed by atoms with E-state index in [0.29, 0.717) is 34.8 Å². The van der Waals surface area contributed by atoms with Gasteiger partial charge in [0.05, 0.1) is 34.4 Å². The summed E-state index contributed by atoms with van der Waals surface area (Å²) < 4.78 is 18.1. The van der Waals surface area contributed by atoms with Gasteiger partial charge < -0.3 is 19.5 Å². The molecule has 1 saturated heterocycles. The molecule has 1 aliphatic heterocycles. The van der Waals surface area contributed by atoms with E-state index in [1.807, 2.05) is 63.2 Å². The smallest absolute Gasteiger partial charge is 0.264 e. The van der Waals surface area contributed by atoms with Gasteiger partial charge in [-0.05, 0) is 103 Å². The summed E-state index contributed by atoms with van der Waals surface area (Å²) >= 11 is 4.89. The highest BCUT2D eigenvalue weighted by Crippen LogP contribution is 2.39. The molecule has 1 amide bonds. The van der Waals surface area contributed by atoms with Crippen molar-refractivity contribution in [2.45, 2.75) is 40.2 Å². The van der Waals surface area contributed by atoms with Crippen molar-refractivity contribution in [3.63, 3.8) is 0 Å². The van der Waals surface area contributed by atoms with Gasteiger partial charge in [0.2, 0.25) is 0 Å². The normalized spacial score (nSPS) is 16.8. The summed E-state index contributed by atoms with van der Waals surface area (Å²) in [6.07, 6.45) is 2.77. The Balaban J connectivity index is 1.82. The predicted molar refractivity (Wildman–Crippen MR) is 134 cm³/mol. The summed E-state index contributed by atoms with van der Waals surface area (Å²) in [5.41, 5.74) is 1.57. The molecule has 1 N–H and O–H groups in total. The Kier molecular flexibility index (Phi) is 8.64. The van der Waals surface area contributed by atoms with Crippen molar-refractivity contribution in [3.05, 3.63) is 51.3 Å². The summed E-state index contributed by atoms with van der Waals surface area (Å²) in [4.78, 5) is 17.6. The van der Waals surface area contributed by atoms with E-state index in [1.165, 1.54) is 11.8 Å². The molecule has 2 aromatic rings. The summed E-state index contributed by atoms with van der Waals surface area (Å²) in [6.45, 7) is 9.07. The Morgan fingerprint density at radius 2 is 1.84 bits per heavy atom. The molecule has 32 heavy (non-hydrogen) atoms. The Labute approximate surface area is 201 Å². The van der Waals surface area contributed by atoms with Crippen LogP contribution in [0.5, 0.6) is 17.2 Å². The minimum absolute atomic E-state index is 0.0623. The van der Waals surface area contributed by atoms with E-state index in [4.69, 9.17) is 14.2 Å². The number of amidine groups is 1. The predicted octanol–water partition coefficient (Wildman–Crippen LogP) is 6.32. The third-order valence-corrected chi connectivity index (χ3v) is 6.05. The number of thioether (sulfide) groups is 1. The van der Waals surface area contributed by atoms with Crippen molar-refractivity contribution in [3.8, 4) is 17.2 Å². The molecular formula is C24H27BrN2O4S. The topological polar surface area (TPSA) is 69.2 Å². The molecule has 0 radical (unpaired) electrons. The lowest BCUT2D eigenvalue weighted by Gasteiger charge is -2.18. The first kappa shape index (κ1) is 24.2. The lowest BCUT2D eigenvalue weighted by atomic mass is 10.1. The number of halogens is 1. The first-order chi connectivity index (χ1) is 15.4. The monoisotopic (exact) mass is 518 g/mol. The lowest BCUT2D eigenvalue weighted by Crippen LogP contribution is -2.19. The van der Waals surface area contributed by atoms with Crippen LogP contribution in [-0.2, 0) is 4.79 Å². The Hall–Kier alpha value is -2.45. The highest BCUT2D eigenvalue weighted by atomic mass is 79.9. The largest absolute Gasteiger partial charge is 0.494 e. The Morgan fingerprint density at radius 3 is 2.50 bits per heavy atom. The van der Waals surface area contributed by atoms with Crippen molar-refractivity contribution >= 4 is 50.5 Å². The summed E-state index contributed by atoms with van der Waals surface area (Å²) in [5.74, 6) is 1.91. The number of benzene rings is 2. The van der Waals surface area contributed by atoms with E-state index in [2.05, 4.69) is 33.2 Å². The van der Waals surface area contributed by atoms with Crippen molar-refractivity contribution in [2.24, 2.45) is 4.99 Å². The zero-order valence-corrected chi connectivity index (χ0v) is 21.0. The van der Waals surface area contributed by atoms with Crippen LogP contribution < -0.4 is 19.5 Å². The van der Waals surface area contributed by atoms with Gasteiger partial charge in [0, 0.05) is 0 Å². The molecule has 0 aliphatic carbocycles.